The third-order valence-corrected chi connectivity index (χ3v) is 2.10. The number of amides is 2. The Labute approximate surface area is 96.8 Å². The second kappa shape index (κ2) is 5.06. The number of benzene rings is 1. The minimum atomic E-state index is -0.713. The van der Waals surface area contributed by atoms with Crippen molar-refractivity contribution in [2.75, 3.05) is 6.54 Å². The molecule has 90 valence electrons. The number of nitro benzene ring substituents is 1. The molecule has 0 aromatic heterocycles. The lowest BCUT2D eigenvalue weighted by Crippen LogP contribution is -2.33. The topological polar surface area (TPSA) is 115 Å². The van der Waals surface area contributed by atoms with E-state index in [0.29, 0.717) is 5.56 Å². The fourth-order valence-electron chi connectivity index (χ4n) is 1.36. The SMILES string of the molecule is Cc1cccc([N+](=O)[O-])c1C(=O)NCC(N)=O. The Morgan fingerprint density at radius 1 is 1.47 bits per heavy atom. The fourth-order valence-corrected chi connectivity index (χ4v) is 1.36. The summed E-state index contributed by atoms with van der Waals surface area (Å²) in [6, 6.07) is 4.29. The van der Waals surface area contributed by atoms with Crippen molar-refractivity contribution in [1.29, 1.82) is 0 Å². The molecule has 7 heteroatoms. The Morgan fingerprint density at radius 3 is 2.65 bits per heavy atom. The fraction of sp³-hybridized carbons (Fsp3) is 0.200. The van der Waals surface area contributed by atoms with Gasteiger partial charge in [0.25, 0.3) is 11.6 Å². The van der Waals surface area contributed by atoms with Crippen LogP contribution in [0.2, 0.25) is 0 Å². The number of nitrogens with two attached hydrogens (primary N) is 1. The van der Waals surface area contributed by atoms with Gasteiger partial charge in [-0.05, 0) is 12.5 Å². The van der Waals surface area contributed by atoms with Gasteiger partial charge in [-0.25, -0.2) is 0 Å². The van der Waals surface area contributed by atoms with Gasteiger partial charge in [0.15, 0.2) is 0 Å². The zero-order chi connectivity index (χ0) is 13.0. The molecule has 1 aromatic rings. The van der Waals surface area contributed by atoms with Crippen LogP contribution in [0.3, 0.4) is 0 Å². The third-order valence-electron chi connectivity index (χ3n) is 2.10. The minimum absolute atomic E-state index is 0.0567. The summed E-state index contributed by atoms with van der Waals surface area (Å²) in [6.45, 7) is 1.22. The van der Waals surface area contributed by atoms with Crippen LogP contribution < -0.4 is 11.1 Å². The largest absolute Gasteiger partial charge is 0.368 e. The van der Waals surface area contributed by atoms with Gasteiger partial charge < -0.3 is 11.1 Å². The first-order chi connectivity index (χ1) is 7.93. The molecular weight excluding hydrogens is 226 g/mol. The number of carbonyl (C=O) groups is 2. The average Bonchev–Trinajstić information content (AvgIpc) is 2.25. The van der Waals surface area contributed by atoms with E-state index in [-0.39, 0.29) is 17.8 Å². The Balaban J connectivity index is 3.07. The molecule has 0 fully saturated rings. The van der Waals surface area contributed by atoms with Gasteiger partial charge in [0.1, 0.15) is 5.56 Å². The van der Waals surface area contributed by atoms with Crippen LogP contribution in [0.15, 0.2) is 18.2 Å². The minimum Gasteiger partial charge on any atom is -0.368 e. The van der Waals surface area contributed by atoms with Crippen LogP contribution in [0.4, 0.5) is 5.69 Å². The lowest BCUT2D eigenvalue weighted by atomic mass is 10.1. The summed E-state index contributed by atoms with van der Waals surface area (Å²) < 4.78 is 0. The smallest absolute Gasteiger partial charge is 0.282 e. The van der Waals surface area contributed by atoms with E-state index in [2.05, 4.69) is 5.32 Å². The van der Waals surface area contributed by atoms with Crippen molar-refractivity contribution in [1.82, 2.24) is 5.32 Å². The van der Waals surface area contributed by atoms with Crippen LogP contribution >= 0.6 is 0 Å². The molecule has 1 aromatic carbocycles. The number of primary amides is 1. The molecule has 0 bridgehead atoms. The molecule has 2 amide bonds. The summed E-state index contributed by atoms with van der Waals surface area (Å²) in [5, 5.41) is 13.0. The third kappa shape index (κ3) is 3.00. The molecule has 0 saturated heterocycles. The van der Waals surface area contributed by atoms with Crippen LogP contribution in [0.5, 0.6) is 0 Å². The number of hydrogen-bond acceptors (Lipinski definition) is 4. The number of carbonyl (C=O) groups excluding carboxylic acids is 2. The predicted octanol–water partition coefficient (Wildman–Crippen LogP) is 0.118. The van der Waals surface area contributed by atoms with E-state index in [1.165, 1.54) is 12.1 Å². The molecule has 0 heterocycles. The van der Waals surface area contributed by atoms with Crippen LogP contribution in [0, 0.1) is 17.0 Å². The van der Waals surface area contributed by atoms with Crippen LogP contribution in [0.1, 0.15) is 15.9 Å². The number of nitro groups is 1. The van der Waals surface area contributed by atoms with E-state index in [1.54, 1.807) is 13.0 Å². The van der Waals surface area contributed by atoms with Crippen molar-refractivity contribution in [3.8, 4) is 0 Å². The average molecular weight is 237 g/mol. The molecule has 17 heavy (non-hydrogen) atoms. The Kier molecular flexibility index (Phi) is 3.76. The molecule has 7 nitrogen and oxygen atoms in total. The number of hydrogen-bond donors (Lipinski definition) is 2. The molecule has 0 radical (unpaired) electrons. The summed E-state index contributed by atoms with van der Waals surface area (Å²) in [5.74, 6) is -1.40. The van der Waals surface area contributed by atoms with E-state index in [9.17, 15) is 19.7 Å². The molecule has 0 aliphatic carbocycles. The van der Waals surface area contributed by atoms with Crippen LogP contribution in [-0.4, -0.2) is 23.3 Å². The molecule has 3 N–H and O–H groups in total. The molecule has 0 saturated carbocycles. The molecule has 1 rings (SSSR count). The lowest BCUT2D eigenvalue weighted by Gasteiger charge is -2.06. The van der Waals surface area contributed by atoms with Crippen molar-refractivity contribution < 1.29 is 14.5 Å². The zero-order valence-electron chi connectivity index (χ0n) is 9.10. The van der Waals surface area contributed by atoms with Crippen molar-refractivity contribution in [3.63, 3.8) is 0 Å². The highest BCUT2D eigenvalue weighted by atomic mass is 16.6. The van der Waals surface area contributed by atoms with Gasteiger partial charge in [-0.1, -0.05) is 12.1 Å². The highest BCUT2D eigenvalue weighted by Crippen LogP contribution is 2.21. The standard InChI is InChI=1S/C10H11N3O4/c1-6-3-2-4-7(13(16)17)9(6)10(15)12-5-8(11)14/h2-4H,5H2,1H3,(H2,11,14)(H,12,15). The molecular formula is C10H11N3O4. The summed E-state index contributed by atoms with van der Waals surface area (Å²) >= 11 is 0. The number of nitrogens with zero attached hydrogens (tertiary/aromatic N) is 1. The van der Waals surface area contributed by atoms with Crippen LogP contribution in [-0.2, 0) is 4.79 Å². The second-order valence-electron chi connectivity index (χ2n) is 3.38. The first kappa shape index (κ1) is 12.6. The quantitative estimate of drug-likeness (QED) is 0.571. The van der Waals surface area contributed by atoms with Gasteiger partial charge in [-0.2, -0.15) is 0 Å². The summed E-state index contributed by atoms with van der Waals surface area (Å²) in [4.78, 5) is 32.3. The van der Waals surface area contributed by atoms with Crippen molar-refractivity contribution in [3.05, 3.63) is 39.4 Å². The highest BCUT2D eigenvalue weighted by molar-refractivity contribution is 6.00. The van der Waals surface area contributed by atoms with Gasteiger partial charge in [0.2, 0.25) is 5.91 Å². The molecule has 0 aliphatic heterocycles. The summed E-state index contributed by atoms with van der Waals surface area (Å²) in [5.41, 5.74) is 4.97. The van der Waals surface area contributed by atoms with Crippen molar-refractivity contribution >= 4 is 17.5 Å². The van der Waals surface area contributed by atoms with Gasteiger partial charge in [0.05, 0.1) is 11.5 Å². The second-order valence-corrected chi connectivity index (χ2v) is 3.38. The summed E-state index contributed by atoms with van der Waals surface area (Å²) in [6.07, 6.45) is 0. The first-order valence-corrected chi connectivity index (χ1v) is 4.74. The predicted molar refractivity (Wildman–Crippen MR) is 59.4 cm³/mol. The van der Waals surface area contributed by atoms with E-state index in [4.69, 9.17) is 5.73 Å². The number of aryl methyl sites for hydroxylation is 1. The normalized spacial score (nSPS) is 9.71. The zero-order valence-corrected chi connectivity index (χ0v) is 9.10. The van der Waals surface area contributed by atoms with E-state index in [0.717, 1.165) is 0 Å². The van der Waals surface area contributed by atoms with E-state index < -0.39 is 16.7 Å². The van der Waals surface area contributed by atoms with Gasteiger partial charge >= 0.3 is 0 Å². The van der Waals surface area contributed by atoms with Crippen molar-refractivity contribution in [2.45, 2.75) is 6.92 Å². The van der Waals surface area contributed by atoms with Gasteiger partial charge in [-0.3, -0.25) is 19.7 Å². The van der Waals surface area contributed by atoms with E-state index >= 15 is 0 Å². The van der Waals surface area contributed by atoms with Crippen molar-refractivity contribution in [2.24, 2.45) is 5.73 Å². The lowest BCUT2D eigenvalue weighted by molar-refractivity contribution is -0.385. The number of rotatable bonds is 4. The van der Waals surface area contributed by atoms with E-state index in [1.807, 2.05) is 0 Å². The molecule has 0 aliphatic rings. The maximum absolute atomic E-state index is 11.7. The Bertz CT molecular complexity index is 484. The molecule has 0 spiro atoms. The first-order valence-electron chi connectivity index (χ1n) is 4.74. The monoisotopic (exact) mass is 237 g/mol. The Morgan fingerprint density at radius 2 is 2.12 bits per heavy atom. The van der Waals surface area contributed by atoms with Crippen LogP contribution in [0.25, 0.3) is 0 Å². The number of nitrogens with one attached hydrogen (secondary N) is 1. The molecule has 0 unspecified atom stereocenters. The maximum Gasteiger partial charge on any atom is 0.282 e. The highest BCUT2D eigenvalue weighted by Gasteiger charge is 2.21. The molecule has 0 atom stereocenters. The van der Waals surface area contributed by atoms with Gasteiger partial charge in [0, 0.05) is 6.07 Å². The summed E-state index contributed by atoms with van der Waals surface area (Å²) in [7, 11) is 0. The van der Waals surface area contributed by atoms with Gasteiger partial charge in [-0.15, -0.1) is 0 Å². The maximum atomic E-state index is 11.7. The Hall–Kier alpha value is -2.44.